The molecule has 0 saturated carbocycles. The molecule has 0 saturated heterocycles. The Morgan fingerprint density at radius 3 is 0.603 bits per heavy atom. The fraction of sp³-hybridized carbons (Fsp3) is 0.0355. The maximum absolute atomic E-state index is 2.34. The topological polar surface area (TPSA) is 0 Å². The van der Waals surface area contributed by atoms with E-state index in [2.05, 4.69) is 595 Å². The predicted molar refractivity (Wildman–Crippen MR) is 603 cm³/mol. The van der Waals surface area contributed by atoms with Crippen LogP contribution >= 0.6 is 0 Å². The zero-order valence-corrected chi connectivity index (χ0v) is 79.1. The first-order chi connectivity index (χ1) is 69.8. The first kappa shape index (κ1) is 91.1. The van der Waals surface area contributed by atoms with Crippen LogP contribution in [0.3, 0.4) is 0 Å². The lowest BCUT2D eigenvalue weighted by atomic mass is 9.93. The van der Waals surface area contributed by atoms with Crippen molar-refractivity contribution in [2.24, 2.45) is 0 Å². The molecule has 0 heteroatoms. The van der Waals surface area contributed by atoms with E-state index in [9.17, 15) is 0 Å². The minimum Gasteiger partial charge on any atom is -0.0622 e. The molecule has 0 atom stereocenters. The summed E-state index contributed by atoms with van der Waals surface area (Å²) in [6.45, 7) is 0. The highest BCUT2D eigenvalue weighted by atomic mass is 14.2. The van der Waals surface area contributed by atoms with E-state index < -0.39 is 0 Å². The minimum absolute atomic E-state index is 0.914. The zero-order chi connectivity index (χ0) is 94.8. The van der Waals surface area contributed by atoms with Crippen molar-refractivity contribution in [1.29, 1.82) is 0 Å². The summed E-state index contributed by atoms with van der Waals surface area (Å²) in [6, 6.07) is 213. The summed E-state index contributed by atoms with van der Waals surface area (Å²) < 4.78 is 0. The molecule has 0 heterocycles. The van der Waals surface area contributed by atoms with E-state index in [1.807, 2.05) is 0 Å². The van der Waals surface area contributed by atoms with Crippen molar-refractivity contribution < 1.29 is 0 Å². The largest absolute Gasteiger partial charge is 0.0622 e. The Kier molecular flexibility index (Phi) is 29.3. The van der Waals surface area contributed by atoms with Crippen LogP contribution in [0, 0.1) is 0 Å². The second-order valence-corrected chi connectivity index (χ2v) is 36.2. The van der Waals surface area contributed by atoms with Gasteiger partial charge in [-0.05, 0) is 248 Å². The van der Waals surface area contributed by atoms with Gasteiger partial charge in [0, 0.05) is 0 Å². The maximum Gasteiger partial charge on any atom is -0.00196 e. The number of rotatable bonds is 20. The highest BCUT2D eigenvalue weighted by Crippen LogP contribution is 2.37. The third kappa shape index (κ3) is 23.5. The Morgan fingerprint density at radius 1 is 0.0922 bits per heavy atom. The molecule has 24 rings (SSSR count). The van der Waals surface area contributed by atoms with Crippen molar-refractivity contribution >= 4 is 43.1 Å². The van der Waals surface area contributed by atoms with Crippen molar-refractivity contribution in [3.05, 3.63) is 650 Å². The van der Waals surface area contributed by atoms with Gasteiger partial charge in [0.25, 0.3) is 0 Å². The molecule has 0 aliphatic carbocycles. The third-order valence-corrected chi connectivity index (χ3v) is 26.5. The van der Waals surface area contributed by atoms with Crippen LogP contribution in [-0.4, -0.2) is 0 Å². The van der Waals surface area contributed by atoms with Gasteiger partial charge < -0.3 is 0 Å². The zero-order valence-electron chi connectivity index (χ0n) is 79.1. The number of fused-ring (bicyclic) bond motifs is 4. The molecule has 141 heavy (non-hydrogen) atoms. The summed E-state index contributed by atoms with van der Waals surface area (Å²) in [7, 11) is 0. The standard InChI is InChI=1S/C33H24.C31H24.C29H22.C25H20.C23H18/c1-3-17-30-26(11-1)13-7-19-32(30)28-15-5-9-24(22-28)21-25-10-6-16-29(23-25)33-20-8-14-27-12-2-4-18-31(27)33;1-3-8-26(9-4-1)28-18-14-24(15-19-28)22-25-16-20-29(21-17-25)31-13-7-12-30(23-31)27-10-5-2-6-11-27;1-2-9-24(10-3-1)27-13-6-8-23(21-27)20-22-16-18-26(19-17-22)29-15-7-12-25-11-4-5-14-28(25)29;1-3-11-22(12-4-1)24-15-7-9-20(18-24)17-21-10-8-16-25(19-21)23-13-5-2-6-14-23;1-2-7-19(8-3-1)20-15-13-18(14-16-20)17-22-11-6-10-21-9-4-5-12-23(21)22/h1-20,22-23H,21H2;1-21,23H,22H2;1-19,21H,20H2;1-16,18-19H,17H2;1-16H,17H2. The van der Waals surface area contributed by atoms with Crippen molar-refractivity contribution in [2.45, 2.75) is 32.1 Å². The highest BCUT2D eigenvalue weighted by molar-refractivity contribution is 5.99. The predicted octanol–water partition coefficient (Wildman–Crippen LogP) is 37.7. The Labute approximate surface area is 830 Å². The summed E-state index contributed by atoms with van der Waals surface area (Å²) in [5, 5.41) is 10.4. The molecule has 0 aromatic heterocycles. The van der Waals surface area contributed by atoms with Gasteiger partial charge in [-0.25, -0.2) is 0 Å². The lowest BCUT2D eigenvalue weighted by molar-refractivity contribution is 1.19. The van der Waals surface area contributed by atoms with Gasteiger partial charge in [0.1, 0.15) is 0 Å². The van der Waals surface area contributed by atoms with Crippen LogP contribution in [0.25, 0.3) is 154 Å². The van der Waals surface area contributed by atoms with Gasteiger partial charge in [0.05, 0.1) is 0 Å². The first-order valence-electron chi connectivity index (χ1n) is 49.0. The summed E-state index contributed by atoms with van der Waals surface area (Å²) in [5.74, 6) is 0. The normalized spacial score (nSPS) is 10.8. The molecule has 0 spiro atoms. The molecule has 0 unspecified atom stereocenters. The average molecular weight is 1800 g/mol. The monoisotopic (exact) mass is 1800 g/mol. The van der Waals surface area contributed by atoms with Crippen LogP contribution in [0.1, 0.15) is 55.6 Å². The van der Waals surface area contributed by atoms with E-state index in [0.717, 1.165) is 32.1 Å². The summed E-state index contributed by atoms with van der Waals surface area (Å²) in [4.78, 5) is 0. The van der Waals surface area contributed by atoms with Crippen molar-refractivity contribution in [3.63, 3.8) is 0 Å². The van der Waals surface area contributed by atoms with Crippen molar-refractivity contribution in [1.82, 2.24) is 0 Å². The van der Waals surface area contributed by atoms with Gasteiger partial charge in [-0.3, -0.25) is 0 Å². The molecular formula is C141H108. The molecule has 0 bridgehead atoms. The second kappa shape index (κ2) is 45.3. The highest BCUT2D eigenvalue weighted by Gasteiger charge is 2.14. The van der Waals surface area contributed by atoms with Crippen LogP contribution in [0.15, 0.2) is 595 Å². The molecule has 0 fully saturated rings. The molecule has 0 aliphatic rings. The van der Waals surface area contributed by atoms with Crippen LogP contribution in [0.5, 0.6) is 0 Å². The molecule has 0 aliphatic heterocycles. The number of hydrogen-bond donors (Lipinski definition) is 0. The van der Waals surface area contributed by atoms with E-state index in [-0.39, 0.29) is 0 Å². The van der Waals surface area contributed by atoms with Crippen LogP contribution < -0.4 is 0 Å². The minimum atomic E-state index is 0.914. The first-order valence-corrected chi connectivity index (χ1v) is 49.0. The second-order valence-electron chi connectivity index (χ2n) is 36.2. The van der Waals surface area contributed by atoms with E-state index in [1.165, 1.54) is 210 Å². The Bertz CT molecular complexity index is 7990. The molecule has 24 aromatic rings. The Hall–Kier alpha value is -17.7. The van der Waals surface area contributed by atoms with E-state index >= 15 is 0 Å². The Morgan fingerprint density at radius 2 is 0.277 bits per heavy atom. The van der Waals surface area contributed by atoms with E-state index in [0.29, 0.717) is 0 Å². The Balaban J connectivity index is 0.000000109. The quantitative estimate of drug-likeness (QED) is 0.0713. The van der Waals surface area contributed by atoms with Gasteiger partial charge >= 0.3 is 0 Å². The van der Waals surface area contributed by atoms with Crippen molar-refractivity contribution in [2.75, 3.05) is 0 Å². The molecule has 0 amide bonds. The van der Waals surface area contributed by atoms with Gasteiger partial charge in [0.15, 0.2) is 0 Å². The van der Waals surface area contributed by atoms with Gasteiger partial charge in [-0.1, -0.05) is 588 Å². The number of benzene rings is 24. The molecule has 0 radical (unpaired) electrons. The van der Waals surface area contributed by atoms with E-state index in [4.69, 9.17) is 0 Å². The average Bonchev–Trinajstić information content (AvgIpc) is 0.825. The van der Waals surface area contributed by atoms with Gasteiger partial charge in [0.2, 0.25) is 0 Å². The van der Waals surface area contributed by atoms with Crippen LogP contribution in [0.2, 0.25) is 0 Å². The van der Waals surface area contributed by atoms with Crippen LogP contribution in [0.4, 0.5) is 0 Å². The van der Waals surface area contributed by atoms with Gasteiger partial charge in [-0.2, -0.15) is 0 Å². The molecular weight excluding hydrogens is 1690 g/mol. The number of hydrogen-bond acceptors (Lipinski definition) is 0. The fourth-order valence-corrected chi connectivity index (χ4v) is 19.2. The SMILES string of the molecule is c1cc(Cc2cccc(-c3cccc4ccccc34)c2)cc(-c2cccc3ccccc23)c1.c1ccc(-c2ccc(Cc3ccc(-c4cccc(-c5ccccc5)c4)cc3)cc2)cc1.c1ccc(-c2ccc(Cc3cccc4ccccc34)cc2)cc1.c1ccc(-c2cccc(Cc3ccc(-c4cccc5ccccc45)cc3)c2)cc1.c1ccc(-c2cccc(Cc3cccc(-c4ccccc4)c3)c2)cc1. The molecule has 672 valence electrons. The smallest absolute Gasteiger partial charge is 0.00196 e. The lowest BCUT2D eigenvalue weighted by Crippen LogP contribution is -1.91. The van der Waals surface area contributed by atoms with E-state index in [1.54, 1.807) is 0 Å². The van der Waals surface area contributed by atoms with Crippen LogP contribution in [-0.2, 0) is 32.1 Å². The summed E-state index contributed by atoms with van der Waals surface area (Å²) in [5.41, 5.74) is 38.8. The van der Waals surface area contributed by atoms with Gasteiger partial charge in [-0.15, -0.1) is 0 Å². The maximum atomic E-state index is 2.34. The molecule has 0 N–H and O–H groups in total. The summed E-state index contributed by atoms with van der Waals surface area (Å²) >= 11 is 0. The van der Waals surface area contributed by atoms with Crippen molar-refractivity contribution in [3.8, 4) is 111 Å². The molecule has 0 nitrogen and oxygen atoms in total. The third-order valence-electron chi connectivity index (χ3n) is 26.5. The molecule has 24 aromatic carbocycles. The summed E-state index contributed by atoms with van der Waals surface area (Å²) in [6.07, 6.45) is 4.71. The lowest BCUT2D eigenvalue weighted by Gasteiger charge is -2.11. The fourth-order valence-electron chi connectivity index (χ4n) is 19.2.